The number of halogens is 1. The van der Waals surface area contributed by atoms with E-state index in [0.717, 1.165) is 14.4 Å². The fourth-order valence-corrected chi connectivity index (χ4v) is 3.27. The summed E-state index contributed by atoms with van der Waals surface area (Å²) in [5, 5.41) is 0. The SMILES string of the molecule is CC(C)CSCC(=O)c1ccc(Br)s1. The molecule has 1 aromatic heterocycles. The van der Waals surface area contributed by atoms with Gasteiger partial charge >= 0.3 is 0 Å². The van der Waals surface area contributed by atoms with Crippen molar-refractivity contribution in [1.82, 2.24) is 0 Å². The Bertz CT molecular complexity index is 307. The number of thiophene rings is 1. The molecule has 0 spiro atoms. The first-order valence-electron chi connectivity index (χ1n) is 4.46. The second-order valence-corrected chi connectivity index (χ2v) is 6.93. The van der Waals surface area contributed by atoms with Crippen molar-refractivity contribution in [3.8, 4) is 0 Å². The lowest BCUT2D eigenvalue weighted by Crippen LogP contribution is -2.02. The van der Waals surface area contributed by atoms with Gasteiger partial charge < -0.3 is 0 Å². The molecule has 0 saturated carbocycles. The van der Waals surface area contributed by atoms with Crippen molar-refractivity contribution in [3.63, 3.8) is 0 Å². The van der Waals surface area contributed by atoms with Crippen LogP contribution in [-0.4, -0.2) is 17.3 Å². The van der Waals surface area contributed by atoms with Crippen LogP contribution in [0.1, 0.15) is 23.5 Å². The molecular formula is C10H13BrOS2. The monoisotopic (exact) mass is 292 g/mol. The van der Waals surface area contributed by atoms with Crippen LogP contribution in [-0.2, 0) is 0 Å². The van der Waals surface area contributed by atoms with Crippen LogP contribution in [0.2, 0.25) is 0 Å². The zero-order valence-corrected chi connectivity index (χ0v) is 11.5. The smallest absolute Gasteiger partial charge is 0.182 e. The van der Waals surface area contributed by atoms with Crippen LogP contribution in [0.4, 0.5) is 0 Å². The number of rotatable bonds is 5. The highest BCUT2D eigenvalue weighted by atomic mass is 79.9. The molecule has 0 unspecified atom stereocenters. The Morgan fingerprint density at radius 3 is 2.79 bits per heavy atom. The van der Waals surface area contributed by atoms with Gasteiger partial charge in [-0.15, -0.1) is 11.3 Å². The summed E-state index contributed by atoms with van der Waals surface area (Å²) in [4.78, 5) is 12.5. The third-order valence-electron chi connectivity index (χ3n) is 1.53. The first-order chi connectivity index (χ1) is 6.59. The number of hydrogen-bond donors (Lipinski definition) is 0. The Hall–Kier alpha value is 0.200. The fraction of sp³-hybridized carbons (Fsp3) is 0.500. The highest BCUT2D eigenvalue weighted by Gasteiger charge is 2.08. The van der Waals surface area contributed by atoms with Crippen molar-refractivity contribution in [1.29, 1.82) is 0 Å². The van der Waals surface area contributed by atoms with Crippen LogP contribution in [0.25, 0.3) is 0 Å². The lowest BCUT2D eigenvalue weighted by atomic mass is 10.3. The van der Waals surface area contributed by atoms with E-state index in [-0.39, 0.29) is 5.78 Å². The van der Waals surface area contributed by atoms with Crippen LogP contribution in [0.3, 0.4) is 0 Å². The molecule has 78 valence electrons. The molecular weight excluding hydrogens is 280 g/mol. The van der Waals surface area contributed by atoms with E-state index in [1.807, 2.05) is 12.1 Å². The van der Waals surface area contributed by atoms with E-state index in [0.29, 0.717) is 11.7 Å². The number of carbonyl (C=O) groups is 1. The Morgan fingerprint density at radius 1 is 1.57 bits per heavy atom. The van der Waals surface area contributed by atoms with Crippen molar-refractivity contribution in [2.75, 3.05) is 11.5 Å². The standard InChI is InChI=1S/C10H13BrOS2/c1-7(2)5-13-6-8(12)9-3-4-10(11)14-9/h3-4,7H,5-6H2,1-2H3. The summed E-state index contributed by atoms with van der Waals surface area (Å²) < 4.78 is 1.02. The summed E-state index contributed by atoms with van der Waals surface area (Å²) in [7, 11) is 0. The minimum Gasteiger partial charge on any atom is -0.292 e. The highest BCUT2D eigenvalue weighted by Crippen LogP contribution is 2.23. The van der Waals surface area contributed by atoms with E-state index in [9.17, 15) is 4.79 Å². The van der Waals surface area contributed by atoms with Gasteiger partial charge in [0, 0.05) is 0 Å². The summed E-state index contributed by atoms with van der Waals surface area (Å²) in [6, 6.07) is 3.80. The lowest BCUT2D eigenvalue weighted by molar-refractivity contribution is 0.102. The Labute approximate surface area is 101 Å². The van der Waals surface area contributed by atoms with Crippen LogP contribution in [0.15, 0.2) is 15.9 Å². The van der Waals surface area contributed by atoms with Crippen molar-refractivity contribution in [2.24, 2.45) is 5.92 Å². The minimum atomic E-state index is 0.242. The average Bonchev–Trinajstić information content (AvgIpc) is 2.51. The van der Waals surface area contributed by atoms with E-state index < -0.39 is 0 Å². The summed E-state index contributed by atoms with van der Waals surface area (Å²) in [6.45, 7) is 4.33. The molecule has 0 aliphatic carbocycles. The van der Waals surface area contributed by atoms with Crippen molar-refractivity contribution in [3.05, 3.63) is 20.8 Å². The fourth-order valence-electron chi connectivity index (χ4n) is 0.923. The third kappa shape index (κ3) is 4.15. The van der Waals surface area contributed by atoms with Gasteiger partial charge in [-0.3, -0.25) is 4.79 Å². The van der Waals surface area contributed by atoms with Gasteiger partial charge in [-0.1, -0.05) is 13.8 Å². The van der Waals surface area contributed by atoms with E-state index in [1.165, 1.54) is 11.3 Å². The molecule has 1 rings (SSSR count). The molecule has 0 saturated heterocycles. The maximum Gasteiger partial charge on any atom is 0.182 e. The molecule has 0 atom stereocenters. The molecule has 0 N–H and O–H groups in total. The summed E-state index contributed by atoms with van der Waals surface area (Å²) >= 11 is 6.58. The molecule has 14 heavy (non-hydrogen) atoms. The number of thioether (sulfide) groups is 1. The van der Waals surface area contributed by atoms with Gasteiger partial charge in [0.15, 0.2) is 5.78 Å². The lowest BCUT2D eigenvalue weighted by Gasteiger charge is -2.02. The van der Waals surface area contributed by atoms with Gasteiger partial charge in [0.25, 0.3) is 0 Å². The first kappa shape index (κ1) is 12.3. The van der Waals surface area contributed by atoms with Gasteiger partial charge in [-0.2, -0.15) is 11.8 Å². The van der Waals surface area contributed by atoms with Gasteiger partial charge in [0.2, 0.25) is 0 Å². The van der Waals surface area contributed by atoms with Gasteiger partial charge in [-0.05, 0) is 39.7 Å². The van der Waals surface area contributed by atoms with E-state index in [4.69, 9.17) is 0 Å². The topological polar surface area (TPSA) is 17.1 Å². The Balaban J connectivity index is 2.36. The van der Waals surface area contributed by atoms with Crippen molar-refractivity contribution >= 4 is 44.8 Å². The summed E-state index contributed by atoms with van der Waals surface area (Å²) in [5.41, 5.74) is 0. The molecule has 1 heterocycles. The van der Waals surface area contributed by atoms with Gasteiger partial charge in [0.1, 0.15) is 0 Å². The molecule has 0 bridgehead atoms. The molecule has 0 amide bonds. The van der Waals surface area contributed by atoms with E-state index in [1.54, 1.807) is 11.8 Å². The summed E-state index contributed by atoms with van der Waals surface area (Å²) in [5.74, 6) is 2.55. The molecule has 0 fully saturated rings. The quantitative estimate of drug-likeness (QED) is 0.761. The van der Waals surface area contributed by atoms with Gasteiger partial charge in [-0.25, -0.2) is 0 Å². The normalized spacial score (nSPS) is 10.9. The van der Waals surface area contributed by atoms with E-state index >= 15 is 0 Å². The molecule has 0 aliphatic rings. The molecule has 0 radical (unpaired) electrons. The maximum absolute atomic E-state index is 11.6. The van der Waals surface area contributed by atoms with Crippen molar-refractivity contribution < 1.29 is 4.79 Å². The predicted molar refractivity (Wildman–Crippen MR) is 68.5 cm³/mol. The third-order valence-corrected chi connectivity index (χ3v) is 4.57. The largest absolute Gasteiger partial charge is 0.292 e. The van der Waals surface area contributed by atoms with Crippen LogP contribution in [0.5, 0.6) is 0 Å². The number of carbonyl (C=O) groups excluding carboxylic acids is 1. The second kappa shape index (κ2) is 5.93. The summed E-state index contributed by atoms with van der Waals surface area (Å²) in [6.07, 6.45) is 0. The van der Waals surface area contributed by atoms with E-state index in [2.05, 4.69) is 29.8 Å². The number of Topliss-reactive ketones (excluding diaryl/α,β-unsaturated/α-hetero) is 1. The van der Waals surface area contributed by atoms with Crippen LogP contribution < -0.4 is 0 Å². The average molecular weight is 293 g/mol. The van der Waals surface area contributed by atoms with Crippen LogP contribution in [0, 0.1) is 5.92 Å². The zero-order valence-electron chi connectivity index (χ0n) is 8.25. The highest BCUT2D eigenvalue weighted by molar-refractivity contribution is 9.11. The minimum absolute atomic E-state index is 0.242. The number of hydrogen-bond acceptors (Lipinski definition) is 3. The maximum atomic E-state index is 11.6. The molecule has 0 aromatic carbocycles. The predicted octanol–water partition coefficient (Wildman–Crippen LogP) is 4.08. The zero-order chi connectivity index (χ0) is 10.6. The molecule has 1 aromatic rings. The Morgan fingerprint density at radius 2 is 2.29 bits per heavy atom. The number of ketones is 1. The Kier molecular flexibility index (Phi) is 5.20. The second-order valence-electron chi connectivity index (χ2n) is 3.44. The van der Waals surface area contributed by atoms with Crippen molar-refractivity contribution in [2.45, 2.75) is 13.8 Å². The molecule has 1 nitrogen and oxygen atoms in total. The first-order valence-corrected chi connectivity index (χ1v) is 7.22. The van der Waals surface area contributed by atoms with Gasteiger partial charge in [0.05, 0.1) is 14.4 Å². The molecule has 0 aliphatic heterocycles. The molecule has 4 heteroatoms. The van der Waals surface area contributed by atoms with Crippen LogP contribution >= 0.6 is 39.0 Å².